The maximum Gasteiger partial charge on any atom is 0.164 e. The summed E-state index contributed by atoms with van der Waals surface area (Å²) in [5.41, 5.74) is 14.5. The van der Waals surface area contributed by atoms with Crippen molar-refractivity contribution in [2.24, 2.45) is 0 Å². The molecule has 0 aliphatic carbocycles. The molecule has 0 atom stereocenters. The zero-order valence-corrected chi connectivity index (χ0v) is 30.7. The van der Waals surface area contributed by atoms with Crippen molar-refractivity contribution in [1.29, 1.82) is 0 Å². The zero-order valence-electron chi connectivity index (χ0n) is 30.7. The molecule has 0 bridgehead atoms. The summed E-state index contributed by atoms with van der Waals surface area (Å²) in [5.74, 6) is 1.94. The van der Waals surface area contributed by atoms with E-state index in [2.05, 4.69) is 164 Å². The van der Waals surface area contributed by atoms with Crippen LogP contribution < -0.4 is 0 Å². The average Bonchev–Trinajstić information content (AvgIpc) is 3.29. The first-order valence-electron chi connectivity index (χ1n) is 18.9. The van der Waals surface area contributed by atoms with Gasteiger partial charge in [-0.2, -0.15) is 0 Å². The fourth-order valence-corrected chi connectivity index (χ4v) is 7.21. The number of aromatic nitrogens is 3. The molecule has 0 radical (unpaired) electrons. The fraction of sp³-hybridized carbons (Fsp3) is 0. The molecule has 3 heteroatoms. The van der Waals surface area contributed by atoms with Crippen LogP contribution in [0.4, 0.5) is 0 Å². The number of rotatable bonds is 9. The minimum atomic E-state index is 0.641. The van der Waals surface area contributed by atoms with Gasteiger partial charge in [0.2, 0.25) is 0 Å². The van der Waals surface area contributed by atoms with Crippen molar-refractivity contribution in [1.82, 2.24) is 15.0 Å². The van der Waals surface area contributed by atoms with Crippen LogP contribution in [0.2, 0.25) is 0 Å². The first kappa shape index (κ1) is 34.3. The summed E-state index contributed by atoms with van der Waals surface area (Å²) in [4.78, 5) is 14.7. The lowest BCUT2D eigenvalue weighted by Gasteiger charge is -2.19. The van der Waals surface area contributed by atoms with Gasteiger partial charge in [0, 0.05) is 16.7 Å². The van der Waals surface area contributed by atoms with Gasteiger partial charge in [0.1, 0.15) is 0 Å². The molecule has 9 aromatic rings. The number of benzene rings is 8. The van der Waals surface area contributed by atoms with Crippen molar-refractivity contribution >= 4 is 11.1 Å². The molecule has 9 rings (SSSR count). The summed E-state index contributed by atoms with van der Waals surface area (Å²) in [6, 6.07) is 78.5. The molecule has 1 heterocycles. The summed E-state index contributed by atoms with van der Waals surface area (Å²) in [6.45, 7) is 0. The Balaban J connectivity index is 1.09. The molecule has 1 aromatic heterocycles. The van der Waals surface area contributed by atoms with Gasteiger partial charge in [-0.1, -0.05) is 212 Å². The lowest BCUT2D eigenvalue weighted by atomic mass is 9.85. The molecule has 0 unspecified atom stereocenters. The topological polar surface area (TPSA) is 38.7 Å². The molecule has 0 aliphatic heterocycles. The normalized spacial score (nSPS) is 10.9. The van der Waals surface area contributed by atoms with Gasteiger partial charge in [-0.3, -0.25) is 0 Å². The molecule has 0 amide bonds. The van der Waals surface area contributed by atoms with Crippen LogP contribution in [-0.4, -0.2) is 15.0 Å². The number of hydrogen-bond acceptors (Lipinski definition) is 3. The highest BCUT2D eigenvalue weighted by Crippen LogP contribution is 2.38. The van der Waals surface area contributed by atoms with Gasteiger partial charge >= 0.3 is 0 Å². The second-order valence-electron chi connectivity index (χ2n) is 13.6. The Morgan fingerprint density at radius 1 is 0.214 bits per heavy atom. The Bertz CT molecular complexity index is 2650. The Kier molecular flexibility index (Phi) is 9.71. The number of hydrogen-bond donors (Lipinski definition) is 0. The van der Waals surface area contributed by atoms with E-state index in [0.717, 1.165) is 44.5 Å². The summed E-state index contributed by atoms with van der Waals surface area (Å²) < 4.78 is 0. The van der Waals surface area contributed by atoms with Crippen LogP contribution in [0.5, 0.6) is 0 Å². The molecule has 0 saturated carbocycles. The molecule has 0 fully saturated rings. The van der Waals surface area contributed by atoms with E-state index in [-0.39, 0.29) is 0 Å². The van der Waals surface area contributed by atoms with Crippen molar-refractivity contribution < 1.29 is 0 Å². The van der Waals surface area contributed by atoms with Gasteiger partial charge in [0.05, 0.1) is 0 Å². The SMILES string of the molecule is c1ccc(C(=C(c2ccccc2)c2cccc(-c3cccc(-c4ccc(-c5nc(-c6ccccc6)nc(-c6ccccc6)n5)cc4)c3)c2)c2ccccc2)cc1. The second-order valence-corrected chi connectivity index (χ2v) is 13.6. The molecule has 264 valence electrons. The lowest BCUT2D eigenvalue weighted by Crippen LogP contribution is -2.00. The molecule has 0 N–H and O–H groups in total. The van der Waals surface area contributed by atoms with Crippen molar-refractivity contribution in [2.75, 3.05) is 0 Å². The van der Waals surface area contributed by atoms with E-state index in [1.165, 1.54) is 27.8 Å². The van der Waals surface area contributed by atoms with Crippen molar-refractivity contribution in [2.45, 2.75) is 0 Å². The average molecular weight is 716 g/mol. The molecule has 8 aromatic carbocycles. The van der Waals surface area contributed by atoms with E-state index >= 15 is 0 Å². The van der Waals surface area contributed by atoms with Crippen LogP contribution in [0.3, 0.4) is 0 Å². The first-order chi connectivity index (χ1) is 27.8. The lowest BCUT2D eigenvalue weighted by molar-refractivity contribution is 1.07. The zero-order chi connectivity index (χ0) is 37.5. The van der Waals surface area contributed by atoms with E-state index in [0.29, 0.717) is 17.5 Å². The third kappa shape index (κ3) is 7.35. The molecule has 0 aliphatic rings. The van der Waals surface area contributed by atoms with Crippen LogP contribution >= 0.6 is 0 Å². The van der Waals surface area contributed by atoms with Gasteiger partial charge in [-0.25, -0.2) is 15.0 Å². The van der Waals surface area contributed by atoms with Crippen LogP contribution in [0.1, 0.15) is 22.3 Å². The Hall–Kier alpha value is -7.49. The molecule has 0 spiro atoms. The van der Waals surface area contributed by atoms with E-state index in [1.807, 2.05) is 60.7 Å². The first-order valence-corrected chi connectivity index (χ1v) is 18.9. The molecule has 56 heavy (non-hydrogen) atoms. The van der Waals surface area contributed by atoms with Gasteiger partial charge in [0.25, 0.3) is 0 Å². The summed E-state index contributed by atoms with van der Waals surface area (Å²) in [5, 5.41) is 0. The maximum absolute atomic E-state index is 4.92. The van der Waals surface area contributed by atoms with Crippen LogP contribution in [0, 0.1) is 0 Å². The quantitative estimate of drug-likeness (QED) is 0.140. The van der Waals surface area contributed by atoms with Crippen molar-refractivity contribution in [3.63, 3.8) is 0 Å². The van der Waals surface area contributed by atoms with E-state index in [1.54, 1.807) is 0 Å². The molecule has 3 nitrogen and oxygen atoms in total. The van der Waals surface area contributed by atoms with E-state index in [4.69, 9.17) is 15.0 Å². The monoisotopic (exact) mass is 715 g/mol. The van der Waals surface area contributed by atoms with Crippen LogP contribution in [-0.2, 0) is 0 Å². The smallest absolute Gasteiger partial charge is 0.164 e. The second kappa shape index (κ2) is 15.9. The molecule has 0 saturated heterocycles. The summed E-state index contributed by atoms with van der Waals surface area (Å²) in [6.07, 6.45) is 0. The number of nitrogens with zero attached hydrogens (tertiary/aromatic N) is 3. The van der Waals surface area contributed by atoms with Crippen LogP contribution in [0.15, 0.2) is 224 Å². The standard InChI is InChI=1S/C53H37N3/c1-6-18-39(19-7-1)49(40-20-8-2-9-21-40)50(41-22-10-3-11-23-41)48-31-17-30-47(37-48)46-29-16-28-45(36-46)38-32-34-44(35-33-38)53-55-51(42-24-12-4-13-25-42)54-52(56-53)43-26-14-5-15-27-43/h1-37H. The minimum Gasteiger partial charge on any atom is -0.208 e. The third-order valence-electron chi connectivity index (χ3n) is 9.96. The van der Waals surface area contributed by atoms with E-state index in [9.17, 15) is 0 Å². The predicted molar refractivity (Wildman–Crippen MR) is 231 cm³/mol. The van der Waals surface area contributed by atoms with Gasteiger partial charge in [0.15, 0.2) is 17.5 Å². The van der Waals surface area contributed by atoms with Crippen molar-refractivity contribution in [3.05, 3.63) is 247 Å². The Morgan fingerprint density at radius 3 is 0.946 bits per heavy atom. The third-order valence-corrected chi connectivity index (χ3v) is 9.96. The van der Waals surface area contributed by atoms with Gasteiger partial charge in [-0.15, -0.1) is 0 Å². The summed E-state index contributed by atoms with van der Waals surface area (Å²) >= 11 is 0. The molecular formula is C53H37N3. The maximum atomic E-state index is 4.92. The van der Waals surface area contributed by atoms with Crippen molar-refractivity contribution in [3.8, 4) is 56.4 Å². The predicted octanol–water partition coefficient (Wildman–Crippen LogP) is 13.2. The van der Waals surface area contributed by atoms with E-state index < -0.39 is 0 Å². The van der Waals surface area contributed by atoms with Gasteiger partial charge < -0.3 is 0 Å². The van der Waals surface area contributed by atoms with Gasteiger partial charge in [-0.05, 0) is 67.8 Å². The summed E-state index contributed by atoms with van der Waals surface area (Å²) in [7, 11) is 0. The fourth-order valence-electron chi connectivity index (χ4n) is 7.21. The highest BCUT2D eigenvalue weighted by Gasteiger charge is 2.17. The highest BCUT2D eigenvalue weighted by atomic mass is 15.0. The largest absolute Gasteiger partial charge is 0.208 e. The van der Waals surface area contributed by atoms with Crippen LogP contribution in [0.25, 0.3) is 67.6 Å². The molecular weight excluding hydrogens is 679 g/mol. The highest BCUT2D eigenvalue weighted by molar-refractivity contribution is 6.05. The Morgan fingerprint density at radius 2 is 0.500 bits per heavy atom. The Labute approximate surface area is 328 Å². The minimum absolute atomic E-state index is 0.641.